The van der Waals surface area contributed by atoms with Gasteiger partial charge in [-0.3, -0.25) is 9.69 Å². The maximum absolute atomic E-state index is 12.4. The molecule has 4 unspecified atom stereocenters. The van der Waals surface area contributed by atoms with Crippen molar-refractivity contribution in [2.75, 3.05) is 0 Å². The molecule has 1 rings (SSSR count). The van der Waals surface area contributed by atoms with Gasteiger partial charge in [-0.15, -0.1) is 10.2 Å². The summed E-state index contributed by atoms with van der Waals surface area (Å²) in [7, 11) is 0. The number of aliphatic hydroxyl groups is 2. The molecular weight excluding hydrogens is 246 g/mol. The van der Waals surface area contributed by atoms with Crippen LogP contribution in [0.4, 0.5) is 0 Å². The molecule has 2 N–H and O–H groups in total. The van der Waals surface area contributed by atoms with Crippen LogP contribution in [0.3, 0.4) is 0 Å². The van der Waals surface area contributed by atoms with E-state index in [9.17, 15) is 15.0 Å². The first-order chi connectivity index (χ1) is 8.78. The minimum absolute atomic E-state index is 0.120. The van der Waals surface area contributed by atoms with E-state index in [-0.39, 0.29) is 11.8 Å². The van der Waals surface area contributed by atoms with E-state index in [0.717, 1.165) is 4.90 Å². The Morgan fingerprint density at radius 2 is 1.47 bits per heavy atom. The van der Waals surface area contributed by atoms with Crippen molar-refractivity contribution < 1.29 is 15.0 Å². The highest BCUT2D eigenvalue weighted by Crippen LogP contribution is 2.33. The lowest BCUT2D eigenvalue weighted by Crippen LogP contribution is -2.55. The summed E-state index contributed by atoms with van der Waals surface area (Å²) in [5.41, 5.74) is -1.12. The van der Waals surface area contributed by atoms with Crippen molar-refractivity contribution in [1.29, 1.82) is 0 Å². The third kappa shape index (κ3) is 3.30. The first kappa shape index (κ1) is 16.0. The van der Waals surface area contributed by atoms with E-state index < -0.39 is 24.0 Å². The minimum Gasteiger partial charge on any atom is -0.373 e. The summed E-state index contributed by atoms with van der Waals surface area (Å²) in [5, 5.41) is 28.0. The van der Waals surface area contributed by atoms with E-state index >= 15 is 0 Å². The molecule has 0 bridgehead atoms. The fraction of sp³-hybridized carbons (Fsp3) is 0.923. The largest absolute Gasteiger partial charge is 0.373 e. The molecule has 0 aliphatic carbocycles. The lowest BCUT2D eigenvalue weighted by molar-refractivity contribution is -0.176. The second-order valence-electron chi connectivity index (χ2n) is 5.53. The first-order valence-electron chi connectivity index (χ1n) is 6.91. The van der Waals surface area contributed by atoms with Crippen LogP contribution in [-0.4, -0.2) is 39.1 Å². The van der Waals surface area contributed by atoms with Gasteiger partial charge < -0.3 is 10.2 Å². The van der Waals surface area contributed by atoms with Crippen LogP contribution in [0.25, 0.3) is 0 Å². The fourth-order valence-corrected chi connectivity index (χ4v) is 1.77. The first-order valence-corrected chi connectivity index (χ1v) is 6.91. The van der Waals surface area contributed by atoms with Crippen molar-refractivity contribution in [1.82, 2.24) is 4.90 Å². The lowest BCUT2D eigenvalue weighted by atomic mass is 10.0. The summed E-state index contributed by atoms with van der Waals surface area (Å²) < 4.78 is 0. The van der Waals surface area contributed by atoms with Crippen molar-refractivity contribution in [3.05, 3.63) is 0 Å². The predicted molar refractivity (Wildman–Crippen MR) is 71.0 cm³/mol. The molecule has 0 aromatic heterocycles. The summed E-state index contributed by atoms with van der Waals surface area (Å²) in [6, 6.07) is 0. The molecule has 0 aromatic carbocycles. The second-order valence-corrected chi connectivity index (χ2v) is 5.53. The van der Waals surface area contributed by atoms with E-state index in [0.29, 0.717) is 12.8 Å². The second kappa shape index (κ2) is 5.96. The van der Waals surface area contributed by atoms with Crippen LogP contribution in [0.15, 0.2) is 10.2 Å². The van der Waals surface area contributed by atoms with Gasteiger partial charge in [-0.2, -0.15) is 0 Å². The Labute approximate surface area is 114 Å². The Hall–Kier alpha value is -1.01. The number of aliphatic hydroxyl groups excluding tert-OH is 2. The molecule has 1 amide bonds. The molecule has 1 heterocycles. The smallest absolute Gasteiger partial charge is 0.280 e. The van der Waals surface area contributed by atoms with Gasteiger partial charge in [0.05, 0.1) is 0 Å². The third-order valence-corrected chi connectivity index (χ3v) is 3.92. The molecule has 0 aromatic rings. The van der Waals surface area contributed by atoms with Crippen molar-refractivity contribution in [3.63, 3.8) is 0 Å². The fourth-order valence-electron chi connectivity index (χ4n) is 1.77. The van der Waals surface area contributed by atoms with Crippen molar-refractivity contribution in [2.45, 2.75) is 65.6 Å². The number of hydrogen-bond donors (Lipinski definition) is 2. The summed E-state index contributed by atoms with van der Waals surface area (Å²) in [6.07, 6.45) is -0.625. The summed E-state index contributed by atoms with van der Waals surface area (Å²) in [6.45, 7) is 9.13. The SMILES string of the molecule is CCC(C)C(O)N(C(=O)C1(C)N=N1)C(O)C(C)CC. The Kier molecular flexibility index (Phi) is 5.04. The van der Waals surface area contributed by atoms with Crippen LogP contribution in [0, 0.1) is 11.8 Å². The van der Waals surface area contributed by atoms with Gasteiger partial charge in [-0.05, 0) is 19.8 Å². The predicted octanol–water partition coefficient (Wildman–Crippen LogP) is 1.73. The lowest BCUT2D eigenvalue weighted by Gasteiger charge is -2.38. The van der Waals surface area contributed by atoms with Gasteiger partial charge in [0.15, 0.2) is 0 Å². The van der Waals surface area contributed by atoms with Crippen LogP contribution in [0.2, 0.25) is 0 Å². The summed E-state index contributed by atoms with van der Waals surface area (Å²) in [5.74, 6) is -0.678. The number of carbonyl (C=O) groups is 1. The van der Waals surface area contributed by atoms with Crippen LogP contribution >= 0.6 is 0 Å². The topological polar surface area (TPSA) is 85.5 Å². The average Bonchev–Trinajstić information content (AvgIpc) is 3.15. The Morgan fingerprint density at radius 1 is 1.11 bits per heavy atom. The summed E-state index contributed by atoms with van der Waals surface area (Å²) in [4.78, 5) is 13.5. The van der Waals surface area contributed by atoms with Crippen molar-refractivity contribution in [2.24, 2.45) is 22.1 Å². The number of hydrogen-bond acceptors (Lipinski definition) is 5. The molecule has 0 fully saturated rings. The molecule has 6 nitrogen and oxygen atoms in total. The quantitative estimate of drug-likeness (QED) is 0.691. The van der Waals surface area contributed by atoms with Crippen LogP contribution in [0.1, 0.15) is 47.5 Å². The van der Waals surface area contributed by atoms with Crippen LogP contribution < -0.4 is 0 Å². The van der Waals surface area contributed by atoms with Crippen LogP contribution in [0.5, 0.6) is 0 Å². The molecule has 19 heavy (non-hydrogen) atoms. The molecule has 110 valence electrons. The minimum atomic E-state index is -1.12. The zero-order valence-electron chi connectivity index (χ0n) is 12.4. The molecule has 4 atom stereocenters. The van der Waals surface area contributed by atoms with Gasteiger partial charge in [-0.25, -0.2) is 0 Å². The number of amides is 1. The van der Waals surface area contributed by atoms with Crippen LogP contribution in [-0.2, 0) is 4.79 Å². The van der Waals surface area contributed by atoms with Gasteiger partial charge in [0.1, 0.15) is 12.5 Å². The zero-order valence-corrected chi connectivity index (χ0v) is 12.4. The van der Waals surface area contributed by atoms with E-state index in [1.165, 1.54) is 0 Å². The standard InChI is InChI=1S/C13H25N3O3/c1-6-8(3)10(17)16(11(18)9(4)7-2)12(19)13(5)14-15-13/h8-11,17-18H,6-7H2,1-5H3. The van der Waals surface area contributed by atoms with E-state index in [1.807, 2.05) is 27.7 Å². The highest BCUT2D eigenvalue weighted by atomic mass is 16.3. The molecular formula is C13H25N3O3. The Balaban J connectivity index is 2.93. The molecule has 0 spiro atoms. The third-order valence-electron chi connectivity index (χ3n) is 3.92. The number of rotatable bonds is 7. The Morgan fingerprint density at radius 3 is 1.74 bits per heavy atom. The molecule has 0 saturated heterocycles. The average molecular weight is 271 g/mol. The van der Waals surface area contributed by atoms with Crippen molar-refractivity contribution in [3.8, 4) is 0 Å². The van der Waals surface area contributed by atoms with Gasteiger partial charge in [0, 0.05) is 11.8 Å². The number of nitrogens with zero attached hydrogens (tertiary/aromatic N) is 3. The highest BCUT2D eigenvalue weighted by molar-refractivity contribution is 5.87. The zero-order chi connectivity index (χ0) is 14.8. The van der Waals surface area contributed by atoms with E-state index in [2.05, 4.69) is 10.2 Å². The van der Waals surface area contributed by atoms with Crippen molar-refractivity contribution >= 4 is 5.91 Å². The molecule has 6 heteroatoms. The molecule has 0 saturated carbocycles. The maximum atomic E-state index is 12.4. The van der Waals surface area contributed by atoms with Gasteiger partial charge in [0.25, 0.3) is 11.6 Å². The number of carbonyl (C=O) groups excluding carboxylic acids is 1. The molecule has 1 aliphatic rings. The van der Waals surface area contributed by atoms with Gasteiger partial charge in [0.2, 0.25) is 0 Å². The monoisotopic (exact) mass is 271 g/mol. The van der Waals surface area contributed by atoms with Gasteiger partial charge in [-0.1, -0.05) is 27.7 Å². The van der Waals surface area contributed by atoms with E-state index in [4.69, 9.17) is 0 Å². The van der Waals surface area contributed by atoms with Gasteiger partial charge >= 0.3 is 0 Å². The highest BCUT2D eigenvalue weighted by Gasteiger charge is 2.50. The summed E-state index contributed by atoms with van der Waals surface area (Å²) >= 11 is 0. The molecule has 1 aliphatic heterocycles. The normalized spacial score (nSPS) is 22.5. The van der Waals surface area contributed by atoms with E-state index in [1.54, 1.807) is 6.92 Å². The molecule has 0 radical (unpaired) electrons. The Bertz CT molecular complexity index is 337. The maximum Gasteiger partial charge on any atom is 0.280 e.